The molecule has 0 fully saturated rings. The molecule has 0 atom stereocenters. The zero-order valence-corrected chi connectivity index (χ0v) is 10.7. The van der Waals surface area contributed by atoms with E-state index in [1.54, 1.807) is 12.1 Å². The summed E-state index contributed by atoms with van der Waals surface area (Å²) < 4.78 is 22.4. The van der Waals surface area contributed by atoms with Crippen molar-refractivity contribution >= 4 is 16.5 Å². The fourth-order valence-electron chi connectivity index (χ4n) is 1.72. The lowest BCUT2D eigenvalue weighted by Gasteiger charge is -1.93. The van der Waals surface area contributed by atoms with E-state index in [0.717, 1.165) is 5.69 Å². The summed E-state index contributed by atoms with van der Waals surface area (Å²) in [4.78, 5) is 4.23. The van der Waals surface area contributed by atoms with Crippen molar-refractivity contribution in [3.05, 3.63) is 35.8 Å². The standard InChI is InChI=1S/C12H9FN4OS/c1-6-9(10(14)19-17-6)12-15-11(16-18-12)7-3-2-4-8(13)5-7/h2-5H,14H2,1H3. The summed E-state index contributed by atoms with van der Waals surface area (Å²) in [5.74, 6) is 0.263. The van der Waals surface area contributed by atoms with E-state index in [9.17, 15) is 4.39 Å². The molecule has 0 amide bonds. The van der Waals surface area contributed by atoms with E-state index >= 15 is 0 Å². The van der Waals surface area contributed by atoms with Gasteiger partial charge in [0.05, 0.1) is 11.3 Å². The number of aromatic nitrogens is 3. The zero-order chi connectivity index (χ0) is 13.4. The van der Waals surface area contributed by atoms with Crippen molar-refractivity contribution < 1.29 is 8.91 Å². The summed E-state index contributed by atoms with van der Waals surface area (Å²) >= 11 is 1.17. The van der Waals surface area contributed by atoms with Crippen molar-refractivity contribution in [3.8, 4) is 22.8 Å². The number of anilines is 1. The lowest BCUT2D eigenvalue weighted by Crippen LogP contribution is -1.87. The predicted octanol–water partition coefficient (Wildman–Crippen LogP) is 2.89. The van der Waals surface area contributed by atoms with Crippen LogP contribution in [-0.2, 0) is 0 Å². The van der Waals surface area contributed by atoms with Gasteiger partial charge in [0.15, 0.2) is 0 Å². The van der Waals surface area contributed by atoms with Gasteiger partial charge in [0, 0.05) is 5.56 Å². The number of nitrogens with zero attached hydrogens (tertiary/aromatic N) is 3. The minimum Gasteiger partial charge on any atom is -0.389 e. The van der Waals surface area contributed by atoms with Crippen molar-refractivity contribution in [3.63, 3.8) is 0 Å². The highest BCUT2D eigenvalue weighted by atomic mass is 32.1. The third kappa shape index (κ3) is 2.08. The van der Waals surface area contributed by atoms with E-state index < -0.39 is 0 Å². The number of rotatable bonds is 2. The molecular weight excluding hydrogens is 267 g/mol. The van der Waals surface area contributed by atoms with E-state index in [2.05, 4.69) is 14.5 Å². The van der Waals surface area contributed by atoms with Crippen LogP contribution in [0.5, 0.6) is 0 Å². The van der Waals surface area contributed by atoms with Gasteiger partial charge in [-0.2, -0.15) is 9.36 Å². The largest absolute Gasteiger partial charge is 0.389 e. The fourth-order valence-corrected chi connectivity index (χ4v) is 2.37. The summed E-state index contributed by atoms with van der Waals surface area (Å²) in [5.41, 5.74) is 7.74. The second-order valence-corrected chi connectivity index (χ2v) is 4.75. The van der Waals surface area contributed by atoms with Crippen molar-refractivity contribution in [1.82, 2.24) is 14.5 Å². The molecule has 2 N–H and O–H groups in total. The first kappa shape index (κ1) is 11.8. The van der Waals surface area contributed by atoms with Crippen molar-refractivity contribution in [2.75, 3.05) is 5.73 Å². The Morgan fingerprint density at radius 1 is 1.37 bits per heavy atom. The summed E-state index contributed by atoms with van der Waals surface area (Å²) in [6, 6.07) is 6.00. The van der Waals surface area contributed by atoms with Crippen LogP contribution < -0.4 is 5.73 Å². The van der Waals surface area contributed by atoms with E-state index in [4.69, 9.17) is 10.3 Å². The molecule has 3 rings (SSSR count). The quantitative estimate of drug-likeness (QED) is 0.778. The minimum absolute atomic E-state index is 0.294. The third-order valence-electron chi connectivity index (χ3n) is 2.61. The lowest BCUT2D eigenvalue weighted by atomic mass is 10.2. The van der Waals surface area contributed by atoms with Crippen LogP contribution in [0.2, 0.25) is 0 Å². The zero-order valence-electron chi connectivity index (χ0n) is 9.92. The summed E-state index contributed by atoms with van der Waals surface area (Å²) in [7, 11) is 0. The number of benzene rings is 1. The second-order valence-electron chi connectivity index (χ2n) is 3.94. The number of aryl methyl sites for hydroxylation is 1. The van der Waals surface area contributed by atoms with E-state index in [0.29, 0.717) is 27.8 Å². The van der Waals surface area contributed by atoms with Crippen LogP contribution in [0.25, 0.3) is 22.8 Å². The van der Waals surface area contributed by atoms with Gasteiger partial charge < -0.3 is 10.3 Å². The molecule has 3 aromatic rings. The molecule has 0 unspecified atom stereocenters. The van der Waals surface area contributed by atoms with E-state index in [1.807, 2.05) is 6.92 Å². The van der Waals surface area contributed by atoms with Gasteiger partial charge in [-0.3, -0.25) is 0 Å². The summed E-state index contributed by atoms with van der Waals surface area (Å²) in [6.07, 6.45) is 0. The molecule has 0 bridgehead atoms. The Hall–Kier alpha value is -2.28. The molecule has 0 aliphatic heterocycles. The van der Waals surface area contributed by atoms with Crippen LogP contribution >= 0.6 is 11.5 Å². The van der Waals surface area contributed by atoms with Crippen LogP contribution in [0.3, 0.4) is 0 Å². The van der Waals surface area contributed by atoms with Crippen LogP contribution in [0.4, 0.5) is 9.39 Å². The lowest BCUT2D eigenvalue weighted by molar-refractivity contribution is 0.432. The smallest absolute Gasteiger partial charge is 0.263 e. The van der Waals surface area contributed by atoms with Gasteiger partial charge in [0.25, 0.3) is 5.89 Å². The first-order valence-corrected chi connectivity index (χ1v) is 6.24. The molecule has 0 aliphatic carbocycles. The molecule has 0 aliphatic rings. The van der Waals surface area contributed by atoms with Gasteiger partial charge >= 0.3 is 0 Å². The maximum atomic E-state index is 13.1. The molecule has 2 heterocycles. The van der Waals surface area contributed by atoms with Gasteiger partial charge in [-0.1, -0.05) is 17.3 Å². The Balaban J connectivity index is 2.05. The fraction of sp³-hybridized carbons (Fsp3) is 0.0833. The van der Waals surface area contributed by atoms with E-state index in [-0.39, 0.29) is 5.82 Å². The molecule has 19 heavy (non-hydrogen) atoms. The summed E-state index contributed by atoms with van der Waals surface area (Å²) in [6.45, 7) is 1.81. The molecular formula is C12H9FN4OS. The van der Waals surface area contributed by atoms with Gasteiger partial charge in [0.1, 0.15) is 10.8 Å². The molecule has 96 valence electrons. The monoisotopic (exact) mass is 276 g/mol. The van der Waals surface area contributed by atoms with Crippen LogP contribution in [0, 0.1) is 12.7 Å². The van der Waals surface area contributed by atoms with Gasteiger partial charge in [0.2, 0.25) is 5.82 Å². The normalized spacial score (nSPS) is 10.8. The van der Waals surface area contributed by atoms with Gasteiger partial charge in [-0.15, -0.1) is 0 Å². The highest BCUT2D eigenvalue weighted by Crippen LogP contribution is 2.32. The number of nitrogen functional groups attached to an aromatic ring is 1. The molecule has 0 saturated heterocycles. The first-order chi connectivity index (χ1) is 9.15. The maximum absolute atomic E-state index is 13.1. The van der Waals surface area contributed by atoms with Crippen molar-refractivity contribution in [2.24, 2.45) is 0 Å². The molecule has 0 spiro atoms. The van der Waals surface area contributed by atoms with Gasteiger partial charge in [-0.25, -0.2) is 4.39 Å². The van der Waals surface area contributed by atoms with Crippen molar-refractivity contribution in [1.29, 1.82) is 0 Å². The SMILES string of the molecule is Cc1nsc(N)c1-c1nc(-c2cccc(F)c2)no1. The van der Waals surface area contributed by atoms with Crippen LogP contribution in [0.15, 0.2) is 28.8 Å². The number of hydrogen-bond acceptors (Lipinski definition) is 6. The topological polar surface area (TPSA) is 77.8 Å². The Labute approximate surface area is 112 Å². The Bertz CT molecular complexity index is 717. The Morgan fingerprint density at radius 3 is 2.89 bits per heavy atom. The summed E-state index contributed by atoms with van der Waals surface area (Å²) in [5, 5.41) is 4.35. The van der Waals surface area contributed by atoms with Gasteiger partial charge in [-0.05, 0) is 30.6 Å². The van der Waals surface area contributed by atoms with Crippen molar-refractivity contribution in [2.45, 2.75) is 6.92 Å². The molecule has 0 radical (unpaired) electrons. The molecule has 5 nitrogen and oxygen atoms in total. The highest BCUT2D eigenvalue weighted by molar-refractivity contribution is 7.10. The van der Waals surface area contributed by atoms with E-state index in [1.165, 1.54) is 23.7 Å². The number of nitrogens with two attached hydrogens (primary N) is 1. The maximum Gasteiger partial charge on any atom is 0.263 e. The second kappa shape index (κ2) is 4.43. The average molecular weight is 276 g/mol. The van der Waals surface area contributed by atoms with Crippen LogP contribution in [0.1, 0.15) is 5.69 Å². The first-order valence-electron chi connectivity index (χ1n) is 5.47. The molecule has 2 aromatic heterocycles. The third-order valence-corrected chi connectivity index (χ3v) is 3.38. The van der Waals surface area contributed by atoms with Crippen LogP contribution in [-0.4, -0.2) is 14.5 Å². The molecule has 0 saturated carbocycles. The highest BCUT2D eigenvalue weighted by Gasteiger charge is 2.18. The Kier molecular flexibility index (Phi) is 2.75. The average Bonchev–Trinajstić information content (AvgIpc) is 2.97. The Morgan fingerprint density at radius 2 is 2.21 bits per heavy atom. The predicted molar refractivity (Wildman–Crippen MR) is 69.9 cm³/mol. The molecule has 7 heteroatoms. The number of halogens is 1. The minimum atomic E-state index is -0.350. The number of hydrogen-bond donors (Lipinski definition) is 1. The molecule has 1 aromatic carbocycles.